The number of benzene rings is 2. The average Bonchev–Trinajstić information content (AvgIpc) is 2.61. The van der Waals surface area contributed by atoms with Crippen LogP contribution in [0.15, 0.2) is 71.8 Å². The summed E-state index contributed by atoms with van der Waals surface area (Å²) in [5, 5.41) is 6.53. The summed E-state index contributed by atoms with van der Waals surface area (Å²) in [6.45, 7) is 0. The number of nitrogens with zero attached hydrogens (tertiary/aromatic N) is 1. The number of allylic oxidation sites excluding steroid dienone is 1. The maximum absolute atomic E-state index is 11.7. The summed E-state index contributed by atoms with van der Waals surface area (Å²) < 4.78 is 0. The lowest BCUT2D eigenvalue weighted by molar-refractivity contribution is -0.124. The maximum Gasteiger partial charge on any atom is 0.240 e. The molecule has 0 bridgehead atoms. The molecule has 2 aromatic carbocycles. The highest BCUT2D eigenvalue weighted by Crippen LogP contribution is 2.06. The molecule has 2 rings (SSSR count). The van der Waals surface area contributed by atoms with E-state index in [-0.39, 0.29) is 24.7 Å². The second-order valence-corrected chi connectivity index (χ2v) is 5.00. The largest absolute Gasteiger partial charge is 0.326 e. The molecule has 0 aliphatic heterocycles. The van der Waals surface area contributed by atoms with Crippen LogP contribution in [0.4, 0.5) is 5.69 Å². The molecule has 0 heterocycles. The average molecular weight is 321 g/mol. The third-order valence-corrected chi connectivity index (χ3v) is 3.07. The molecule has 0 fully saturated rings. The standard InChI is InChI=1S/C19H19N3O2/c23-18(21-17-11-5-2-6-12-17)13-14-19(24)22-20-15-7-10-16-8-3-1-4-9-16/h1-12,15H,13-14H2,(H,21,23)(H,22,24)/b10-7+,20-15-. The van der Waals surface area contributed by atoms with E-state index in [0.29, 0.717) is 5.69 Å². The van der Waals surface area contributed by atoms with Gasteiger partial charge in [-0.25, -0.2) is 5.43 Å². The first-order valence-corrected chi connectivity index (χ1v) is 7.62. The van der Waals surface area contributed by atoms with Crippen LogP contribution in [0, 0.1) is 0 Å². The van der Waals surface area contributed by atoms with Crippen molar-refractivity contribution < 1.29 is 9.59 Å². The maximum atomic E-state index is 11.7. The van der Waals surface area contributed by atoms with Crippen LogP contribution in [0.5, 0.6) is 0 Å². The normalized spacial score (nSPS) is 10.8. The van der Waals surface area contributed by atoms with Crippen LogP contribution in [-0.2, 0) is 9.59 Å². The van der Waals surface area contributed by atoms with E-state index in [1.165, 1.54) is 6.21 Å². The Morgan fingerprint density at radius 3 is 2.21 bits per heavy atom. The van der Waals surface area contributed by atoms with Gasteiger partial charge in [-0.05, 0) is 23.8 Å². The number of hydrogen-bond donors (Lipinski definition) is 2. The lowest BCUT2D eigenvalue weighted by atomic mass is 10.2. The molecule has 2 N–H and O–H groups in total. The van der Waals surface area contributed by atoms with Crippen LogP contribution >= 0.6 is 0 Å². The van der Waals surface area contributed by atoms with Gasteiger partial charge in [0.2, 0.25) is 11.8 Å². The number of rotatable bonds is 7. The van der Waals surface area contributed by atoms with E-state index in [2.05, 4.69) is 15.8 Å². The van der Waals surface area contributed by atoms with Crippen molar-refractivity contribution in [2.24, 2.45) is 5.10 Å². The molecule has 5 nitrogen and oxygen atoms in total. The van der Waals surface area contributed by atoms with Gasteiger partial charge in [0.05, 0.1) is 0 Å². The van der Waals surface area contributed by atoms with E-state index in [1.807, 2.05) is 54.6 Å². The van der Waals surface area contributed by atoms with Crippen molar-refractivity contribution in [1.82, 2.24) is 5.43 Å². The Morgan fingerprint density at radius 2 is 1.50 bits per heavy atom. The Bertz CT molecular complexity index is 710. The first-order chi connectivity index (χ1) is 11.7. The molecular weight excluding hydrogens is 302 g/mol. The van der Waals surface area contributed by atoms with E-state index in [9.17, 15) is 9.59 Å². The number of amides is 2. The topological polar surface area (TPSA) is 70.6 Å². The zero-order valence-corrected chi connectivity index (χ0v) is 13.2. The Morgan fingerprint density at radius 1 is 0.875 bits per heavy atom. The highest BCUT2D eigenvalue weighted by molar-refractivity contribution is 5.93. The fraction of sp³-hybridized carbons (Fsp3) is 0.105. The van der Waals surface area contributed by atoms with E-state index in [4.69, 9.17) is 0 Å². The smallest absolute Gasteiger partial charge is 0.240 e. The van der Waals surface area contributed by atoms with Crippen molar-refractivity contribution in [3.63, 3.8) is 0 Å². The van der Waals surface area contributed by atoms with Crippen LogP contribution in [0.3, 0.4) is 0 Å². The third-order valence-electron chi connectivity index (χ3n) is 3.07. The first kappa shape index (κ1) is 17.1. The quantitative estimate of drug-likeness (QED) is 0.607. The van der Waals surface area contributed by atoms with Crippen LogP contribution in [0.1, 0.15) is 18.4 Å². The molecule has 2 amide bonds. The highest BCUT2D eigenvalue weighted by atomic mass is 16.2. The van der Waals surface area contributed by atoms with Gasteiger partial charge in [0.15, 0.2) is 0 Å². The minimum Gasteiger partial charge on any atom is -0.326 e. The van der Waals surface area contributed by atoms with E-state index < -0.39 is 0 Å². The van der Waals surface area contributed by atoms with E-state index in [0.717, 1.165) is 5.56 Å². The van der Waals surface area contributed by atoms with E-state index >= 15 is 0 Å². The summed E-state index contributed by atoms with van der Waals surface area (Å²) in [5.41, 5.74) is 4.15. The molecule has 5 heteroatoms. The Balaban J connectivity index is 1.65. The fourth-order valence-electron chi connectivity index (χ4n) is 1.90. The SMILES string of the molecule is O=C(CCC(=O)Nc1ccccc1)N/N=C\C=C\c1ccccc1. The van der Waals surface area contributed by atoms with Gasteiger partial charge in [0.25, 0.3) is 0 Å². The first-order valence-electron chi connectivity index (χ1n) is 7.62. The number of nitrogens with one attached hydrogen (secondary N) is 2. The van der Waals surface area contributed by atoms with Crippen molar-refractivity contribution in [2.45, 2.75) is 12.8 Å². The molecule has 0 aliphatic carbocycles. The van der Waals surface area contributed by atoms with Gasteiger partial charge in [0, 0.05) is 24.7 Å². The second kappa shape index (κ2) is 9.74. The summed E-state index contributed by atoms with van der Waals surface area (Å²) in [5.74, 6) is -0.508. The predicted octanol–water partition coefficient (Wildman–Crippen LogP) is 3.22. The minimum absolute atomic E-state index is 0.0818. The van der Waals surface area contributed by atoms with Crippen LogP contribution in [-0.4, -0.2) is 18.0 Å². The van der Waals surface area contributed by atoms with Gasteiger partial charge in [-0.2, -0.15) is 5.10 Å². The van der Waals surface area contributed by atoms with Gasteiger partial charge < -0.3 is 5.32 Å². The molecule has 24 heavy (non-hydrogen) atoms. The van der Waals surface area contributed by atoms with Crippen LogP contribution < -0.4 is 10.7 Å². The number of para-hydroxylation sites is 1. The number of anilines is 1. The summed E-state index contributed by atoms with van der Waals surface area (Å²) >= 11 is 0. The Kier molecular flexibility index (Phi) is 6.96. The molecule has 0 saturated heterocycles. The summed E-state index contributed by atoms with van der Waals surface area (Å²) in [6.07, 6.45) is 5.30. The zero-order valence-electron chi connectivity index (χ0n) is 13.2. The second-order valence-electron chi connectivity index (χ2n) is 5.00. The number of carbonyl (C=O) groups is 2. The van der Waals surface area contributed by atoms with Crippen molar-refractivity contribution >= 4 is 29.8 Å². The zero-order chi connectivity index (χ0) is 17.0. The number of hydrogen-bond acceptors (Lipinski definition) is 3. The molecule has 122 valence electrons. The van der Waals surface area contributed by atoms with Gasteiger partial charge in [0.1, 0.15) is 0 Å². The fourth-order valence-corrected chi connectivity index (χ4v) is 1.90. The third kappa shape index (κ3) is 6.70. The van der Waals surface area contributed by atoms with E-state index in [1.54, 1.807) is 18.2 Å². The summed E-state index contributed by atoms with van der Waals surface area (Å²) in [4.78, 5) is 23.3. The molecule has 0 spiro atoms. The molecule has 2 aromatic rings. The van der Waals surface area contributed by atoms with Crippen LogP contribution in [0.25, 0.3) is 6.08 Å². The lowest BCUT2D eigenvalue weighted by Gasteiger charge is -2.04. The van der Waals surface area contributed by atoms with Gasteiger partial charge in [-0.15, -0.1) is 0 Å². The van der Waals surface area contributed by atoms with Crippen LogP contribution in [0.2, 0.25) is 0 Å². The molecule has 0 aliphatic rings. The Hall–Kier alpha value is -3.21. The number of carbonyl (C=O) groups excluding carboxylic acids is 2. The molecule has 0 radical (unpaired) electrons. The van der Waals surface area contributed by atoms with Crippen molar-refractivity contribution in [3.05, 3.63) is 72.3 Å². The van der Waals surface area contributed by atoms with Crippen molar-refractivity contribution in [1.29, 1.82) is 0 Å². The van der Waals surface area contributed by atoms with Gasteiger partial charge >= 0.3 is 0 Å². The highest BCUT2D eigenvalue weighted by Gasteiger charge is 2.06. The van der Waals surface area contributed by atoms with Crippen molar-refractivity contribution in [2.75, 3.05) is 5.32 Å². The Labute approximate surface area is 141 Å². The molecular formula is C19H19N3O2. The monoisotopic (exact) mass is 321 g/mol. The molecule has 0 aromatic heterocycles. The molecule has 0 unspecified atom stereocenters. The van der Waals surface area contributed by atoms with Gasteiger partial charge in [-0.1, -0.05) is 54.6 Å². The summed E-state index contributed by atoms with van der Waals surface area (Å²) in [6, 6.07) is 18.9. The minimum atomic E-state index is -0.303. The predicted molar refractivity (Wildman–Crippen MR) is 96.4 cm³/mol. The molecule has 0 saturated carbocycles. The summed E-state index contributed by atoms with van der Waals surface area (Å²) in [7, 11) is 0. The van der Waals surface area contributed by atoms with Crippen molar-refractivity contribution in [3.8, 4) is 0 Å². The number of hydrazone groups is 1. The van der Waals surface area contributed by atoms with Gasteiger partial charge in [-0.3, -0.25) is 9.59 Å². The molecule has 0 atom stereocenters. The lowest BCUT2D eigenvalue weighted by Crippen LogP contribution is -2.20.